The van der Waals surface area contributed by atoms with Crippen LogP contribution in [-0.4, -0.2) is 6.29 Å². The first-order valence-electron chi connectivity index (χ1n) is 2.99. The zero-order chi connectivity index (χ0) is 7.40. The third-order valence-corrected chi connectivity index (χ3v) is 2.13. The highest BCUT2D eigenvalue weighted by atomic mass is 32.1. The van der Waals surface area contributed by atoms with Crippen LogP contribution in [0.3, 0.4) is 0 Å². The van der Waals surface area contributed by atoms with Crippen molar-refractivity contribution in [3.8, 4) is 0 Å². The SMILES string of the molecule is Cc1cscc1C=CC=O. The quantitative estimate of drug-likeness (QED) is 0.469. The van der Waals surface area contributed by atoms with E-state index in [1.165, 1.54) is 11.6 Å². The fourth-order valence-electron chi connectivity index (χ4n) is 0.684. The van der Waals surface area contributed by atoms with Crippen molar-refractivity contribution in [3.63, 3.8) is 0 Å². The number of rotatable bonds is 2. The Kier molecular flexibility index (Phi) is 2.40. The van der Waals surface area contributed by atoms with Crippen LogP contribution in [0.4, 0.5) is 0 Å². The summed E-state index contributed by atoms with van der Waals surface area (Å²) in [6.45, 7) is 2.03. The number of allylic oxidation sites excluding steroid dienone is 1. The lowest BCUT2D eigenvalue weighted by molar-refractivity contribution is -0.104. The maximum Gasteiger partial charge on any atom is 0.142 e. The topological polar surface area (TPSA) is 17.1 Å². The van der Waals surface area contributed by atoms with Crippen molar-refractivity contribution in [1.29, 1.82) is 0 Å². The molecule has 0 saturated carbocycles. The molecule has 10 heavy (non-hydrogen) atoms. The average molecular weight is 152 g/mol. The van der Waals surface area contributed by atoms with Crippen molar-refractivity contribution in [2.75, 3.05) is 0 Å². The van der Waals surface area contributed by atoms with Crippen LogP contribution in [0.1, 0.15) is 11.1 Å². The highest BCUT2D eigenvalue weighted by Crippen LogP contribution is 2.14. The number of hydrogen-bond acceptors (Lipinski definition) is 2. The van der Waals surface area contributed by atoms with E-state index in [9.17, 15) is 4.79 Å². The molecule has 1 aromatic rings. The van der Waals surface area contributed by atoms with Gasteiger partial charge in [-0.1, -0.05) is 6.08 Å². The number of aldehydes is 1. The van der Waals surface area contributed by atoms with Crippen LogP contribution in [0.2, 0.25) is 0 Å². The molecule has 0 aromatic carbocycles. The molecule has 0 N–H and O–H groups in total. The lowest BCUT2D eigenvalue weighted by Gasteiger charge is -1.84. The zero-order valence-corrected chi connectivity index (χ0v) is 6.52. The molecule has 0 amide bonds. The van der Waals surface area contributed by atoms with Crippen molar-refractivity contribution in [3.05, 3.63) is 28.0 Å². The van der Waals surface area contributed by atoms with Crippen molar-refractivity contribution >= 4 is 23.7 Å². The maximum absolute atomic E-state index is 9.93. The van der Waals surface area contributed by atoms with Gasteiger partial charge in [0.15, 0.2) is 0 Å². The van der Waals surface area contributed by atoms with Gasteiger partial charge >= 0.3 is 0 Å². The van der Waals surface area contributed by atoms with Gasteiger partial charge in [0.25, 0.3) is 0 Å². The average Bonchev–Trinajstić information content (AvgIpc) is 2.31. The maximum atomic E-state index is 9.93. The minimum atomic E-state index is 0.789. The molecule has 0 unspecified atom stereocenters. The van der Waals surface area contributed by atoms with E-state index in [1.54, 1.807) is 11.3 Å². The summed E-state index contributed by atoms with van der Waals surface area (Å²) in [5, 5.41) is 4.08. The third kappa shape index (κ3) is 1.54. The standard InChI is InChI=1S/C8H8OS/c1-7-5-10-6-8(7)3-2-4-9/h2-6H,1H3. The van der Waals surface area contributed by atoms with Crippen LogP contribution in [0.5, 0.6) is 0 Å². The minimum absolute atomic E-state index is 0.789. The monoisotopic (exact) mass is 152 g/mol. The first-order valence-corrected chi connectivity index (χ1v) is 3.93. The molecule has 1 rings (SSSR count). The van der Waals surface area contributed by atoms with E-state index in [0.29, 0.717) is 0 Å². The second-order valence-corrected chi connectivity index (χ2v) is 2.75. The van der Waals surface area contributed by atoms with E-state index in [2.05, 4.69) is 5.38 Å². The summed E-state index contributed by atoms with van der Waals surface area (Å²) in [7, 11) is 0. The lowest BCUT2D eigenvalue weighted by atomic mass is 10.2. The molecule has 0 spiro atoms. The van der Waals surface area contributed by atoms with Crippen molar-refractivity contribution in [2.24, 2.45) is 0 Å². The molecule has 1 aromatic heterocycles. The third-order valence-electron chi connectivity index (χ3n) is 1.25. The summed E-state index contributed by atoms with van der Waals surface area (Å²) in [5.41, 5.74) is 2.36. The Morgan fingerprint density at radius 1 is 1.50 bits per heavy atom. The van der Waals surface area contributed by atoms with Crippen molar-refractivity contribution in [1.82, 2.24) is 0 Å². The van der Waals surface area contributed by atoms with Crippen LogP contribution in [0.15, 0.2) is 16.8 Å². The van der Waals surface area contributed by atoms with Crippen LogP contribution < -0.4 is 0 Å². The summed E-state index contributed by atoms with van der Waals surface area (Å²) in [4.78, 5) is 9.93. The molecule has 0 aliphatic rings. The molecular weight excluding hydrogens is 144 g/mol. The van der Waals surface area contributed by atoms with Gasteiger partial charge in [-0.15, -0.1) is 0 Å². The molecule has 0 saturated heterocycles. The van der Waals surface area contributed by atoms with E-state index in [-0.39, 0.29) is 0 Å². The molecule has 0 aliphatic heterocycles. The summed E-state index contributed by atoms with van der Waals surface area (Å²) in [6.07, 6.45) is 4.12. The van der Waals surface area contributed by atoms with Crippen LogP contribution >= 0.6 is 11.3 Å². The molecule has 0 fully saturated rings. The second kappa shape index (κ2) is 3.32. The van der Waals surface area contributed by atoms with Gasteiger partial charge in [-0.2, -0.15) is 11.3 Å². The van der Waals surface area contributed by atoms with Gasteiger partial charge in [-0.3, -0.25) is 4.79 Å². The number of aryl methyl sites for hydroxylation is 1. The molecule has 0 aliphatic carbocycles. The Morgan fingerprint density at radius 3 is 2.80 bits per heavy atom. The van der Waals surface area contributed by atoms with E-state index >= 15 is 0 Å². The fraction of sp³-hybridized carbons (Fsp3) is 0.125. The van der Waals surface area contributed by atoms with E-state index in [1.807, 2.05) is 18.4 Å². The normalized spacial score (nSPS) is 10.5. The van der Waals surface area contributed by atoms with Gasteiger partial charge < -0.3 is 0 Å². The first kappa shape index (κ1) is 7.22. The molecule has 0 radical (unpaired) electrons. The first-order chi connectivity index (χ1) is 4.84. The van der Waals surface area contributed by atoms with Gasteiger partial charge in [-0.05, 0) is 34.9 Å². The van der Waals surface area contributed by atoms with Crippen LogP contribution in [-0.2, 0) is 4.79 Å². The lowest BCUT2D eigenvalue weighted by Crippen LogP contribution is -1.68. The van der Waals surface area contributed by atoms with Gasteiger partial charge in [0.2, 0.25) is 0 Å². The van der Waals surface area contributed by atoms with Gasteiger partial charge in [0.05, 0.1) is 0 Å². The highest BCUT2D eigenvalue weighted by Gasteiger charge is 1.91. The van der Waals surface area contributed by atoms with E-state index in [0.717, 1.165) is 11.8 Å². The zero-order valence-electron chi connectivity index (χ0n) is 5.70. The molecule has 52 valence electrons. The van der Waals surface area contributed by atoms with Gasteiger partial charge in [0.1, 0.15) is 6.29 Å². The van der Waals surface area contributed by atoms with Crippen LogP contribution in [0.25, 0.3) is 6.08 Å². The van der Waals surface area contributed by atoms with Crippen LogP contribution in [0, 0.1) is 6.92 Å². The Bertz CT molecular complexity index is 248. The summed E-state index contributed by atoms with van der Waals surface area (Å²) in [6, 6.07) is 0. The fourth-order valence-corrected chi connectivity index (χ4v) is 1.50. The molecule has 2 heteroatoms. The summed E-state index contributed by atoms with van der Waals surface area (Å²) in [5.74, 6) is 0. The number of carbonyl (C=O) groups excluding carboxylic acids is 1. The molecular formula is C8H8OS. The Hall–Kier alpha value is -0.890. The van der Waals surface area contributed by atoms with Crippen molar-refractivity contribution in [2.45, 2.75) is 6.92 Å². The van der Waals surface area contributed by atoms with Gasteiger partial charge in [-0.25, -0.2) is 0 Å². The highest BCUT2D eigenvalue weighted by molar-refractivity contribution is 7.08. The summed E-state index contributed by atoms with van der Waals surface area (Å²) >= 11 is 1.65. The molecule has 0 atom stereocenters. The number of thiophene rings is 1. The molecule has 0 bridgehead atoms. The Morgan fingerprint density at radius 2 is 2.30 bits per heavy atom. The van der Waals surface area contributed by atoms with E-state index < -0.39 is 0 Å². The largest absolute Gasteiger partial charge is 0.299 e. The molecule has 1 nitrogen and oxygen atoms in total. The minimum Gasteiger partial charge on any atom is -0.299 e. The van der Waals surface area contributed by atoms with Crippen molar-refractivity contribution < 1.29 is 4.79 Å². The summed E-state index contributed by atoms with van der Waals surface area (Å²) < 4.78 is 0. The predicted octanol–water partition coefficient (Wildman–Crippen LogP) is 2.27. The van der Waals surface area contributed by atoms with E-state index in [4.69, 9.17) is 0 Å². The smallest absolute Gasteiger partial charge is 0.142 e. The Labute approximate surface area is 64.0 Å². The number of hydrogen-bond donors (Lipinski definition) is 0. The predicted molar refractivity (Wildman–Crippen MR) is 44.2 cm³/mol. The number of carbonyl (C=O) groups is 1. The van der Waals surface area contributed by atoms with Gasteiger partial charge in [0, 0.05) is 0 Å². The molecule has 1 heterocycles. The Balaban J connectivity index is 2.83. The second-order valence-electron chi connectivity index (χ2n) is 2.01.